The lowest BCUT2D eigenvalue weighted by molar-refractivity contribution is -0.187. The molecule has 0 N–H and O–H groups in total. The molecule has 3 amide bonds. The summed E-state index contributed by atoms with van der Waals surface area (Å²) in [6, 6.07) is 9.32. The number of hydrogen-bond donors (Lipinski definition) is 0. The van der Waals surface area contributed by atoms with Crippen LogP contribution in [0.25, 0.3) is 11.4 Å². The fourth-order valence-corrected chi connectivity index (χ4v) is 5.01. The summed E-state index contributed by atoms with van der Waals surface area (Å²) in [5.74, 6) is -2.02. The molecule has 2 aromatic carbocycles. The molecular formula is C28H24F4N4O4. The van der Waals surface area contributed by atoms with Gasteiger partial charge in [-0.15, -0.1) is 0 Å². The van der Waals surface area contributed by atoms with Gasteiger partial charge in [-0.1, -0.05) is 24.3 Å². The average molecular weight is 557 g/mol. The molecule has 1 saturated heterocycles. The van der Waals surface area contributed by atoms with Gasteiger partial charge in [0.15, 0.2) is 5.82 Å². The largest absolute Gasteiger partial charge is 0.427 e. The van der Waals surface area contributed by atoms with E-state index >= 15 is 0 Å². The fourth-order valence-electron chi connectivity index (χ4n) is 5.01. The second-order valence-electron chi connectivity index (χ2n) is 9.85. The Morgan fingerprint density at radius 2 is 1.88 bits per heavy atom. The van der Waals surface area contributed by atoms with Gasteiger partial charge in [0.05, 0.1) is 0 Å². The van der Waals surface area contributed by atoms with Gasteiger partial charge in [-0.2, -0.15) is 13.2 Å². The number of ether oxygens (including phenoxy) is 1. The molecule has 2 heterocycles. The van der Waals surface area contributed by atoms with Crippen molar-refractivity contribution in [2.45, 2.75) is 51.1 Å². The van der Waals surface area contributed by atoms with E-state index in [1.54, 1.807) is 24.4 Å². The zero-order chi connectivity index (χ0) is 28.8. The van der Waals surface area contributed by atoms with Crippen molar-refractivity contribution >= 4 is 17.9 Å². The minimum absolute atomic E-state index is 0.119. The van der Waals surface area contributed by atoms with Crippen LogP contribution in [0.2, 0.25) is 0 Å². The van der Waals surface area contributed by atoms with Crippen molar-refractivity contribution in [1.82, 2.24) is 19.8 Å². The highest BCUT2D eigenvalue weighted by atomic mass is 19.4. The molecule has 1 aliphatic heterocycles. The van der Waals surface area contributed by atoms with E-state index in [9.17, 15) is 31.9 Å². The molecule has 0 unspecified atom stereocenters. The predicted octanol–water partition coefficient (Wildman–Crippen LogP) is 4.69. The highest BCUT2D eigenvalue weighted by Crippen LogP contribution is 2.46. The molecule has 1 spiro atoms. The number of benzene rings is 2. The summed E-state index contributed by atoms with van der Waals surface area (Å²) in [5, 5.41) is 0. The van der Waals surface area contributed by atoms with Crippen molar-refractivity contribution in [3.63, 3.8) is 0 Å². The topological polar surface area (TPSA) is 92.7 Å². The summed E-state index contributed by atoms with van der Waals surface area (Å²) < 4.78 is 59.8. The lowest BCUT2D eigenvalue weighted by atomic mass is 9.94. The number of aryl methyl sites for hydroxylation is 2. The molecule has 3 aromatic rings. The number of rotatable bonds is 6. The molecule has 2 aliphatic rings. The Hall–Kier alpha value is -4.35. The first-order valence-electron chi connectivity index (χ1n) is 12.5. The molecule has 8 nitrogen and oxygen atoms in total. The van der Waals surface area contributed by atoms with Crippen LogP contribution in [0, 0.1) is 12.7 Å². The van der Waals surface area contributed by atoms with Crippen LogP contribution in [0.3, 0.4) is 0 Å². The SMILES string of the molecule is Cc1ccnc(-c2ccc3c(c2)CC[C@@]32OC(=O)N(CC(=O)N(Cc3ccc(F)cc3)[C@@H](C)C(F)(F)F)C2=O)n1. The molecular weight excluding hydrogens is 532 g/mol. The molecule has 2 atom stereocenters. The lowest BCUT2D eigenvalue weighted by Crippen LogP contribution is -2.51. The van der Waals surface area contributed by atoms with Crippen molar-refractivity contribution < 1.29 is 36.7 Å². The number of carbonyl (C=O) groups excluding carboxylic acids is 3. The quantitative estimate of drug-likeness (QED) is 0.409. The smallest absolute Gasteiger partial charge is 0.418 e. The second kappa shape index (κ2) is 10.00. The van der Waals surface area contributed by atoms with Crippen LogP contribution in [-0.2, 0) is 32.9 Å². The van der Waals surface area contributed by atoms with E-state index in [-0.39, 0.29) is 12.0 Å². The van der Waals surface area contributed by atoms with Crippen LogP contribution in [0.1, 0.15) is 35.7 Å². The maximum atomic E-state index is 13.6. The Kier molecular flexibility index (Phi) is 6.80. The zero-order valence-electron chi connectivity index (χ0n) is 21.5. The number of carbonyl (C=O) groups is 3. The normalized spacial score (nSPS) is 19.1. The van der Waals surface area contributed by atoms with Gasteiger partial charge in [-0.3, -0.25) is 9.59 Å². The second-order valence-corrected chi connectivity index (χ2v) is 9.85. The van der Waals surface area contributed by atoms with Crippen molar-refractivity contribution in [3.05, 3.63) is 82.9 Å². The van der Waals surface area contributed by atoms with Gasteiger partial charge >= 0.3 is 12.3 Å². The molecule has 0 saturated carbocycles. The van der Waals surface area contributed by atoms with Gasteiger partial charge in [0.1, 0.15) is 18.4 Å². The zero-order valence-corrected chi connectivity index (χ0v) is 21.5. The highest BCUT2D eigenvalue weighted by Gasteiger charge is 2.58. The molecule has 0 radical (unpaired) electrons. The third-order valence-corrected chi connectivity index (χ3v) is 7.23. The van der Waals surface area contributed by atoms with Crippen molar-refractivity contribution in [3.8, 4) is 11.4 Å². The van der Waals surface area contributed by atoms with E-state index in [1.165, 1.54) is 12.1 Å². The monoisotopic (exact) mass is 556 g/mol. The Morgan fingerprint density at radius 3 is 2.55 bits per heavy atom. The molecule has 12 heteroatoms. The molecule has 208 valence electrons. The fraction of sp³-hybridized carbons (Fsp3) is 0.321. The average Bonchev–Trinajstić information content (AvgIpc) is 3.39. The summed E-state index contributed by atoms with van der Waals surface area (Å²) >= 11 is 0. The van der Waals surface area contributed by atoms with Crippen LogP contribution >= 0.6 is 0 Å². The van der Waals surface area contributed by atoms with Crippen molar-refractivity contribution in [1.29, 1.82) is 0 Å². The molecule has 0 bridgehead atoms. The van der Waals surface area contributed by atoms with Crippen molar-refractivity contribution in [2.75, 3.05) is 6.54 Å². The van der Waals surface area contributed by atoms with Gasteiger partial charge in [0.25, 0.3) is 5.91 Å². The Balaban J connectivity index is 1.39. The third-order valence-electron chi connectivity index (χ3n) is 7.23. The van der Waals surface area contributed by atoms with Gasteiger partial charge in [0, 0.05) is 36.0 Å². The first-order chi connectivity index (χ1) is 18.9. The Bertz CT molecular complexity index is 1490. The van der Waals surface area contributed by atoms with E-state index in [0.717, 1.165) is 30.3 Å². The maximum absolute atomic E-state index is 13.6. The summed E-state index contributed by atoms with van der Waals surface area (Å²) in [7, 11) is 0. The summed E-state index contributed by atoms with van der Waals surface area (Å²) in [4.78, 5) is 49.3. The van der Waals surface area contributed by atoms with E-state index < -0.39 is 54.6 Å². The summed E-state index contributed by atoms with van der Waals surface area (Å²) in [6.45, 7) is 1.19. The highest BCUT2D eigenvalue weighted by molar-refractivity contribution is 6.06. The number of fused-ring (bicyclic) bond motifs is 2. The molecule has 40 heavy (non-hydrogen) atoms. The number of alkyl halides is 3. The molecule has 5 rings (SSSR count). The van der Waals surface area contributed by atoms with Gasteiger partial charge in [-0.05, 0) is 55.7 Å². The van der Waals surface area contributed by atoms with Crippen LogP contribution in [-0.4, -0.2) is 56.4 Å². The molecule has 1 aliphatic carbocycles. The first-order valence-corrected chi connectivity index (χ1v) is 12.5. The standard InChI is InChI=1S/C28H24F4N4O4/c1-16-10-12-33-24(34-16)20-5-8-22-19(13-20)9-11-27(22)25(38)36(26(39)40-27)15-23(37)35(17(2)28(30,31)32)14-18-3-6-21(29)7-4-18/h3-8,10,12-13,17H,9,11,14-15H2,1-2H3/t17-,27+/m0/s1. The number of aromatic nitrogens is 2. The minimum atomic E-state index is -4.78. The van der Waals surface area contributed by atoms with Gasteiger partial charge in [-0.25, -0.2) is 24.1 Å². The van der Waals surface area contributed by atoms with Crippen LogP contribution in [0.5, 0.6) is 0 Å². The number of nitrogens with zero attached hydrogens (tertiary/aromatic N) is 4. The van der Waals surface area contributed by atoms with Crippen LogP contribution in [0.15, 0.2) is 54.7 Å². The van der Waals surface area contributed by atoms with E-state index in [2.05, 4.69) is 9.97 Å². The predicted molar refractivity (Wildman–Crippen MR) is 133 cm³/mol. The Labute approximate surface area is 226 Å². The van der Waals surface area contributed by atoms with Gasteiger partial charge in [0.2, 0.25) is 11.5 Å². The van der Waals surface area contributed by atoms with Crippen molar-refractivity contribution in [2.24, 2.45) is 0 Å². The summed E-state index contributed by atoms with van der Waals surface area (Å²) in [5.41, 5.74) is 1.24. The first kappa shape index (κ1) is 27.2. The van der Waals surface area contributed by atoms with Crippen LogP contribution < -0.4 is 0 Å². The summed E-state index contributed by atoms with van der Waals surface area (Å²) in [6.07, 6.45) is -3.76. The third kappa shape index (κ3) is 4.89. The Morgan fingerprint density at radius 1 is 1.15 bits per heavy atom. The van der Waals surface area contributed by atoms with E-state index in [4.69, 9.17) is 4.74 Å². The number of imide groups is 1. The molecule has 1 fully saturated rings. The lowest BCUT2D eigenvalue weighted by Gasteiger charge is -2.31. The maximum Gasteiger partial charge on any atom is 0.418 e. The minimum Gasteiger partial charge on any atom is -0.427 e. The molecule has 1 aromatic heterocycles. The number of hydrogen-bond acceptors (Lipinski definition) is 6. The van der Waals surface area contributed by atoms with Crippen LogP contribution in [0.4, 0.5) is 22.4 Å². The van der Waals surface area contributed by atoms with E-state index in [0.29, 0.717) is 33.2 Å². The van der Waals surface area contributed by atoms with E-state index in [1.807, 2.05) is 13.0 Å². The number of amides is 3. The van der Waals surface area contributed by atoms with Gasteiger partial charge < -0.3 is 9.64 Å². The number of halogens is 4.